The van der Waals surface area contributed by atoms with Crippen LogP contribution in [0.3, 0.4) is 0 Å². The SMILES string of the molecule is CCc1cc(O)c(C(C)=O)c(O)c1. The average Bonchev–Trinajstić information content (AvgIpc) is 2.02. The van der Waals surface area contributed by atoms with Gasteiger partial charge in [0.2, 0.25) is 0 Å². The maximum atomic E-state index is 11.0. The van der Waals surface area contributed by atoms with E-state index in [2.05, 4.69) is 0 Å². The minimum absolute atomic E-state index is 0.00259. The number of ketones is 1. The summed E-state index contributed by atoms with van der Waals surface area (Å²) in [6.07, 6.45) is 0.708. The highest BCUT2D eigenvalue weighted by atomic mass is 16.3. The third-order valence-electron chi connectivity index (χ3n) is 1.92. The first kappa shape index (κ1) is 9.58. The van der Waals surface area contributed by atoms with Crippen LogP contribution in [0.5, 0.6) is 11.5 Å². The molecule has 1 rings (SSSR count). The van der Waals surface area contributed by atoms with Crippen molar-refractivity contribution in [3.63, 3.8) is 0 Å². The second-order valence-electron chi connectivity index (χ2n) is 2.92. The van der Waals surface area contributed by atoms with E-state index in [1.807, 2.05) is 6.92 Å². The predicted octanol–water partition coefficient (Wildman–Crippen LogP) is 1.86. The Morgan fingerprint density at radius 1 is 1.31 bits per heavy atom. The summed E-state index contributed by atoms with van der Waals surface area (Å²) in [5.74, 6) is -0.633. The van der Waals surface area contributed by atoms with Crippen molar-refractivity contribution in [1.29, 1.82) is 0 Å². The van der Waals surface area contributed by atoms with E-state index in [1.165, 1.54) is 19.1 Å². The lowest BCUT2D eigenvalue weighted by Gasteiger charge is -2.05. The monoisotopic (exact) mass is 180 g/mol. The van der Waals surface area contributed by atoms with Crippen LogP contribution in [-0.2, 0) is 6.42 Å². The van der Waals surface area contributed by atoms with E-state index in [9.17, 15) is 15.0 Å². The highest BCUT2D eigenvalue weighted by Crippen LogP contribution is 2.29. The Bertz CT molecular complexity index is 319. The Balaban J connectivity index is 3.31. The second-order valence-corrected chi connectivity index (χ2v) is 2.92. The van der Waals surface area contributed by atoms with Gasteiger partial charge in [0, 0.05) is 0 Å². The molecule has 0 aromatic heterocycles. The van der Waals surface area contributed by atoms with Gasteiger partial charge in [-0.25, -0.2) is 0 Å². The molecule has 0 amide bonds. The summed E-state index contributed by atoms with van der Waals surface area (Å²) in [5.41, 5.74) is 0.803. The number of benzene rings is 1. The highest BCUT2D eigenvalue weighted by molar-refractivity contribution is 5.99. The van der Waals surface area contributed by atoms with Crippen LogP contribution in [0.15, 0.2) is 12.1 Å². The largest absolute Gasteiger partial charge is 0.507 e. The van der Waals surface area contributed by atoms with E-state index in [4.69, 9.17) is 0 Å². The molecule has 0 atom stereocenters. The van der Waals surface area contributed by atoms with Crippen molar-refractivity contribution in [3.8, 4) is 11.5 Å². The molecule has 1 aromatic carbocycles. The smallest absolute Gasteiger partial charge is 0.167 e. The number of phenolic OH excluding ortho intramolecular Hbond substituents is 2. The van der Waals surface area contributed by atoms with Crippen LogP contribution in [-0.4, -0.2) is 16.0 Å². The highest BCUT2D eigenvalue weighted by Gasteiger charge is 2.12. The summed E-state index contributed by atoms with van der Waals surface area (Å²) in [7, 11) is 0. The van der Waals surface area contributed by atoms with E-state index in [1.54, 1.807) is 0 Å². The van der Waals surface area contributed by atoms with Gasteiger partial charge < -0.3 is 10.2 Å². The lowest BCUT2D eigenvalue weighted by Crippen LogP contribution is -1.94. The Labute approximate surface area is 76.6 Å². The fourth-order valence-electron chi connectivity index (χ4n) is 1.23. The van der Waals surface area contributed by atoms with Crippen LogP contribution >= 0.6 is 0 Å². The maximum Gasteiger partial charge on any atom is 0.167 e. The zero-order chi connectivity index (χ0) is 10.0. The summed E-state index contributed by atoms with van der Waals surface area (Å²) in [5, 5.41) is 18.8. The van der Waals surface area contributed by atoms with Crippen molar-refractivity contribution in [2.75, 3.05) is 0 Å². The third kappa shape index (κ3) is 1.80. The summed E-state index contributed by atoms with van der Waals surface area (Å²) in [6.45, 7) is 3.21. The number of rotatable bonds is 2. The number of aryl methyl sites for hydroxylation is 1. The molecule has 0 radical (unpaired) electrons. The van der Waals surface area contributed by atoms with Crippen LogP contribution < -0.4 is 0 Å². The van der Waals surface area contributed by atoms with E-state index in [0.29, 0.717) is 6.42 Å². The minimum Gasteiger partial charge on any atom is -0.507 e. The molecule has 0 bridgehead atoms. The van der Waals surface area contributed by atoms with Gasteiger partial charge >= 0.3 is 0 Å². The molecular weight excluding hydrogens is 168 g/mol. The Morgan fingerprint density at radius 3 is 2.08 bits per heavy atom. The van der Waals surface area contributed by atoms with E-state index >= 15 is 0 Å². The standard InChI is InChI=1S/C10H12O3/c1-3-7-4-8(12)10(6(2)11)9(13)5-7/h4-5,12-13H,3H2,1-2H3. The van der Waals surface area contributed by atoms with Gasteiger partial charge in [0.15, 0.2) is 5.78 Å². The van der Waals surface area contributed by atoms with Gasteiger partial charge in [0.05, 0.1) is 0 Å². The van der Waals surface area contributed by atoms with Crippen molar-refractivity contribution in [3.05, 3.63) is 23.3 Å². The predicted molar refractivity (Wildman–Crippen MR) is 49.2 cm³/mol. The molecule has 2 N–H and O–H groups in total. The number of carbonyl (C=O) groups is 1. The zero-order valence-electron chi connectivity index (χ0n) is 7.66. The Kier molecular flexibility index (Phi) is 2.56. The normalized spacial score (nSPS) is 10.0. The van der Waals surface area contributed by atoms with Crippen molar-refractivity contribution in [1.82, 2.24) is 0 Å². The van der Waals surface area contributed by atoms with Gasteiger partial charge in [-0.05, 0) is 31.0 Å². The quantitative estimate of drug-likeness (QED) is 0.683. The molecule has 0 spiro atoms. The van der Waals surface area contributed by atoms with E-state index in [0.717, 1.165) is 5.56 Å². The van der Waals surface area contributed by atoms with Crippen molar-refractivity contribution in [2.24, 2.45) is 0 Å². The third-order valence-corrected chi connectivity index (χ3v) is 1.92. The summed E-state index contributed by atoms with van der Waals surface area (Å²) < 4.78 is 0. The maximum absolute atomic E-state index is 11.0. The number of aromatic hydroxyl groups is 2. The van der Waals surface area contributed by atoms with Gasteiger partial charge in [-0.1, -0.05) is 6.92 Å². The molecule has 0 saturated carbocycles. The average molecular weight is 180 g/mol. The molecule has 70 valence electrons. The van der Waals surface area contributed by atoms with Gasteiger partial charge in [-0.3, -0.25) is 4.79 Å². The number of hydrogen-bond donors (Lipinski definition) is 2. The van der Waals surface area contributed by atoms with E-state index in [-0.39, 0.29) is 22.8 Å². The van der Waals surface area contributed by atoms with Crippen LogP contribution in [0.25, 0.3) is 0 Å². The minimum atomic E-state index is -0.336. The Hall–Kier alpha value is -1.51. The van der Waals surface area contributed by atoms with Crippen LogP contribution in [0.2, 0.25) is 0 Å². The number of carbonyl (C=O) groups excluding carboxylic acids is 1. The van der Waals surface area contributed by atoms with E-state index < -0.39 is 0 Å². The Morgan fingerprint density at radius 2 is 1.77 bits per heavy atom. The van der Waals surface area contributed by atoms with Crippen molar-refractivity contribution < 1.29 is 15.0 Å². The van der Waals surface area contributed by atoms with Crippen molar-refractivity contribution in [2.45, 2.75) is 20.3 Å². The molecule has 13 heavy (non-hydrogen) atoms. The molecule has 1 aromatic rings. The summed E-state index contributed by atoms with van der Waals surface area (Å²) >= 11 is 0. The summed E-state index contributed by atoms with van der Waals surface area (Å²) in [4.78, 5) is 11.0. The first-order valence-corrected chi connectivity index (χ1v) is 4.12. The molecule has 0 aliphatic rings. The molecule has 0 heterocycles. The molecular formula is C10H12O3. The fourth-order valence-corrected chi connectivity index (χ4v) is 1.23. The molecule has 0 saturated heterocycles. The lowest BCUT2D eigenvalue weighted by atomic mass is 10.0. The molecule has 0 fully saturated rings. The first-order valence-electron chi connectivity index (χ1n) is 4.12. The molecule has 0 aliphatic carbocycles. The summed E-state index contributed by atoms with van der Waals surface area (Å²) in [6, 6.07) is 2.99. The molecule has 0 aliphatic heterocycles. The first-order chi connectivity index (χ1) is 6.06. The number of phenols is 2. The number of hydrogen-bond acceptors (Lipinski definition) is 3. The number of Topliss-reactive ketones (excluding diaryl/α,β-unsaturated/α-hetero) is 1. The van der Waals surface area contributed by atoms with Crippen LogP contribution in [0, 0.1) is 0 Å². The van der Waals surface area contributed by atoms with Crippen LogP contribution in [0.1, 0.15) is 29.8 Å². The fraction of sp³-hybridized carbons (Fsp3) is 0.300. The van der Waals surface area contributed by atoms with Gasteiger partial charge in [0.25, 0.3) is 0 Å². The lowest BCUT2D eigenvalue weighted by molar-refractivity contribution is 0.101. The van der Waals surface area contributed by atoms with Gasteiger partial charge in [-0.2, -0.15) is 0 Å². The van der Waals surface area contributed by atoms with Crippen molar-refractivity contribution >= 4 is 5.78 Å². The topological polar surface area (TPSA) is 57.5 Å². The van der Waals surface area contributed by atoms with Gasteiger partial charge in [0.1, 0.15) is 17.1 Å². The van der Waals surface area contributed by atoms with Crippen LogP contribution in [0.4, 0.5) is 0 Å². The van der Waals surface area contributed by atoms with Gasteiger partial charge in [-0.15, -0.1) is 0 Å². The molecule has 3 nitrogen and oxygen atoms in total. The molecule has 3 heteroatoms. The zero-order valence-corrected chi connectivity index (χ0v) is 7.66. The second kappa shape index (κ2) is 3.47. The molecule has 0 unspecified atom stereocenters.